The van der Waals surface area contributed by atoms with Crippen LogP contribution in [0.4, 0.5) is 10.1 Å². The highest BCUT2D eigenvalue weighted by atomic mass is 79.9. The highest BCUT2D eigenvalue weighted by molar-refractivity contribution is 9.10. The van der Waals surface area contributed by atoms with E-state index < -0.39 is 5.82 Å². The highest BCUT2D eigenvalue weighted by Gasteiger charge is 2.28. The van der Waals surface area contributed by atoms with Gasteiger partial charge in [0, 0.05) is 30.5 Å². The zero-order valence-corrected chi connectivity index (χ0v) is 12.5. The summed E-state index contributed by atoms with van der Waals surface area (Å²) in [6.07, 6.45) is 0.708. The number of halogens is 2. The van der Waals surface area contributed by atoms with Crippen LogP contribution in [0.2, 0.25) is 0 Å². The van der Waals surface area contributed by atoms with Crippen molar-refractivity contribution in [1.29, 1.82) is 0 Å². The number of nitrogens with two attached hydrogens (primary N) is 1. The Morgan fingerprint density at radius 3 is 2.85 bits per heavy atom. The number of nitrogens with one attached hydrogen (secondary N) is 1. The van der Waals surface area contributed by atoms with Crippen LogP contribution in [0, 0.1) is 5.82 Å². The lowest BCUT2D eigenvalue weighted by Crippen LogP contribution is -2.37. The van der Waals surface area contributed by atoms with Gasteiger partial charge in [-0.1, -0.05) is 0 Å². The molecule has 0 bridgehead atoms. The van der Waals surface area contributed by atoms with Gasteiger partial charge in [-0.15, -0.1) is 0 Å². The Morgan fingerprint density at radius 1 is 1.50 bits per heavy atom. The molecule has 1 heterocycles. The second-order valence-corrected chi connectivity index (χ2v) is 5.65. The molecular formula is C13H15BrFN3O2. The lowest BCUT2D eigenvalue weighted by Gasteiger charge is -2.18. The van der Waals surface area contributed by atoms with Crippen LogP contribution in [0.1, 0.15) is 23.7 Å². The molecule has 20 heavy (non-hydrogen) atoms. The fourth-order valence-electron chi connectivity index (χ4n) is 2.25. The molecule has 2 amide bonds. The van der Waals surface area contributed by atoms with E-state index in [1.165, 1.54) is 19.1 Å². The molecule has 1 aromatic rings. The van der Waals surface area contributed by atoms with E-state index in [9.17, 15) is 14.0 Å². The van der Waals surface area contributed by atoms with Gasteiger partial charge in [-0.3, -0.25) is 9.59 Å². The monoisotopic (exact) mass is 343 g/mol. The molecule has 1 aromatic carbocycles. The number of amides is 2. The zero-order chi connectivity index (χ0) is 14.9. The van der Waals surface area contributed by atoms with E-state index in [4.69, 9.17) is 5.73 Å². The van der Waals surface area contributed by atoms with Gasteiger partial charge in [0.1, 0.15) is 5.82 Å². The minimum absolute atomic E-state index is 0.0342. The molecule has 1 unspecified atom stereocenters. The summed E-state index contributed by atoms with van der Waals surface area (Å²) < 4.78 is 13.7. The third-order valence-electron chi connectivity index (χ3n) is 3.20. The molecule has 3 N–H and O–H groups in total. The molecule has 0 radical (unpaired) electrons. The van der Waals surface area contributed by atoms with E-state index in [0.29, 0.717) is 29.5 Å². The van der Waals surface area contributed by atoms with Gasteiger partial charge < -0.3 is 16.0 Å². The first-order valence-electron chi connectivity index (χ1n) is 6.19. The first kappa shape index (κ1) is 14.8. The normalized spacial score (nSPS) is 18.1. The Morgan fingerprint density at radius 2 is 2.20 bits per heavy atom. The van der Waals surface area contributed by atoms with Gasteiger partial charge in [-0.25, -0.2) is 4.39 Å². The summed E-state index contributed by atoms with van der Waals surface area (Å²) in [5, 5.41) is 2.78. The maximum Gasteiger partial charge on any atom is 0.255 e. The minimum atomic E-state index is -0.564. The molecule has 0 spiro atoms. The van der Waals surface area contributed by atoms with E-state index in [1.807, 2.05) is 0 Å². The van der Waals surface area contributed by atoms with Crippen LogP contribution in [0.15, 0.2) is 16.6 Å². The maximum atomic E-state index is 13.3. The molecule has 1 aliphatic heterocycles. The van der Waals surface area contributed by atoms with Crippen LogP contribution < -0.4 is 11.1 Å². The van der Waals surface area contributed by atoms with Crippen molar-refractivity contribution < 1.29 is 14.0 Å². The minimum Gasteiger partial charge on any atom is -0.396 e. The number of nitrogens with zero attached hydrogens (tertiary/aromatic N) is 1. The Labute approximate surface area is 124 Å². The largest absolute Gasteiger partial charge is 0.396 e. The summed E-state index contributed by atoms with van der Waals surface area (Å²) in [5.74, 6) is -0.904. The SMILES string of the molecule is CC(=O)NC1CCN(C(=O)c2cc(N)c(F)cc2Br)C1. The summed E-state index contributed by atoms with van der Waals surface area (Å²) in [6, 6.07) is 2.48. The number of hydrogen-bond acceptors (Lipinski definition) is 3. The van der Waals surface area contributed by atoms with Crippen molar-refractivity contribution >= 4 is 33.4 Å². The van der Waals surface area contributed by atoms with Crippen molar-refractivity contribution in [3.63, 3.8) is 0 Å². The number of likely N-dealkylation sites (tertiary alicyclic amines) is 1. The molecule has 0 aliphatic carbocycles. The Balaban J connectivity index is 2.13. The zero-order valence-electron chi connectivity index (χ0n) is 11.0. The van der Waals surface area contributed by atoms with Crippen LogP contribution in [0.25, 0.3) is 0 Å². The number of nitrogen functional groups attached to an aromatic ring is 1. The van der Waals surface area contributed by atoms with Crippen molar-refractivity contribution in [2.45, 2.75) is 19.4 Å². The van der Waals surface area contributed by atoms with Crippen molar-refractivity contribution in [2.24, 2.45) is 0 Å². The summed E-state index contributed by atoms with van der Waals surface area (Å²) in [4.78, 5) is 25.0. The third-order valence-corrected chi connectivity index (χ3v) is 3.86. The van der Waals surface area contributed by atoms with Gasteiger partial charge in [-0.2, -0.15) is 0 Å². The van der Waals surface area contributed by atoms with Crippen molar-refractivity contribution in [1.82, 2.24) is 10.2 Å². The van der Waals surface area contributed by atoms with Crippen molar-refractivity contribution in [2.75, 3.05) is 18.8 Å². The first-order valence-corrected chi connectivity index (χ1v) is 6.98. The van der Waals surface area contributed by atoms with Crippen molar-refractivity contribution in [3.05, 3.63) is 28.0 Å². The summed E-state index contributed by atoms with van der Waals surface area (Å²) in [6.45, 7) is 2.44. The molecule has 0 saturated carbocycles. The fraction of sp³-hybridized carbons (Fsp3) is 0.385. The third kappa shape index (κ3) is 3.09. The molecule has 1 atom stereocenters. The Hall–Kier alpha value is -1.63. The molecule has 1 saturated heterocycles. The van der Waals surface area contributed by atoms with E-state index >= 15 is 0 Å². The first-order chi connectivity index (χ1) is 9.38. The number of carbonyl (C=O) groups excluding carboxylic acids is 2. The molecule has 1 fully saturated rings. The van der Waals surface area contributed by atoms with Crippen molar-refractivity contribution in [3.8, 4) is 0 Å². The van der Waals surface area contributed by atoms with Gasteiger partial charge >= 0.3 is 0 Å². The molecule has 2 rings (SSSR count). The molecule has 1 aliphatic rings. The van der Waals surface area contributed by atoms with Crippen LogP contribution >= 0.6 is 15.9 Å². The predicted molar refractivity (Wildman–Crippen MR) is 76.6 cm³/mol. The molecule has 108 valence electrons. The average Bonchev–Trinajstić information content (AvgIpc) is 2.80. The number of hydrogen-bond donors (Lipinski definition) is 2. The van der Waals surface area contributed by atoms with Crippen LogP contribution in [-0.4, -0.2) is 35.8 Å². The lowest BCUT2D eigenvalue weighted by molar-refractivity contribution is -0.119. The summed E-state index contributed by atoms with van der Waals surface area (Å²) >= 11 is 3.17. The fourth-order valence-corrected chi connectivity index (χ4v) is 2.74. The summed E-state index contributed by atoms with van der Waals surface area (Å²) in [7, 11) is 0. The molecule has 5 nitrogen and oxygen atoms in total. The second kappa shape index (κ2) is 5.78. The van der Waals surface area contributed by atoms with Gasteiger partial charge in [0.25, 0.3) is 5.91 Å². The highest BCUT2D eigenvalue weighted by Crippen LogP contribution is 2.25. The topological polar surface area (TPSA) is 75.4 Å². The molecule has 0 aromatic heterocycles. The number of rotatable bonds is 2. The average molecular weight is 344 g/mol. The van der Waals surface area contributed by atoms with Crippen LogP contribution in [-0.2, 0) is 4.79 Å². The Bertz CT molecular complexity index is 565. The van der Waals surface area contributed by atoms with Gasteiger partial charge in [0.05, 0.1) is 11.3 Å². The second-order valence-electron chi connectivity index (χ2n) is 4.79. The van der Waals surface area contributed by atoms with Gasteiger partial charge in [0.2, 0.25) is 5.91 Å². The Kier molecular flexibility index (Phi) is 4.27. The molecule has 7 heteroatoms. The van der Waals surface area contributed by atoms with Crippen LogP contribution in [0.5, 0.6) is 0 Å². The lowest BCUT2D eigenvalue weighted by atomic mass is 10.1. The van der Waals surface area contributed by atoms with E-state index in [0.717, 1.165) is 0 Å². The summed E-state index contributed by atoms with van der Waals surface area (Å²) in [5.41, 5.74) is 5.76. The number of anilines is 1. The standard InChI is InChI=1S/C13H15BrFN3O2/c1-7(19)17-8-2-3-18(6-8)13(20)9-4-12(16)11(15)5-10(9)14/h4-5,8H,2-3,6,16H2,1H3,(H,17,19). The number of benzene rings is 1. The quantitative estimate of drug-likeness (QED) is 0.799. The van der Waals surface area contributed by atoms with E-state index in [2.05, 4.69) is 21.2 Å². The van der Waals surface area contributed by atoms with Crippen LogP contribution in [0.3, 0.4) is 0 Å². The van der Waals surface area contributed by atoms with Gasteiger partial charge in [-0.05, 0) is 34.5 Å². The predicted octanol–water partition coefficient (Wildman–Crippen LogP) is 1.52. The van der Waals surface area contributed by atoms with E-state index in [-0.39, 0.29) is 23.5 Å². The van der Waals surface area contributed by atoms with Gasteiger partial charge in [0.15, 0.2) is 0 Å². The van der Waals surface area contributed by atoms with E-state index in [1.54, 1.807) is 4.90 Å². The smallest absolute Gasteiger partial charge is 0.255 e. The molecular weight excluding hydrogens is 329 g/mol. The number of carbonyl (C=O) groups is 2. The maximum absolute atomic E-state index is 13.3.